The average molecular weight is 351 g/mol. The summed E-state index contributed by atoms with van der Waals surface area (Å²) in [4.78, 5) is 25.1. The molecule has 0 bridgehead atoms. The van der Waals surface area contributed by atoms with Crippen LogP contribution in [-0.2, 0) is 11.8 Å². The van der Waals surface area contributed by atoms with Crippen LogP contribution in [0.5, 0.6) is 0 Å². The molecule has 1 atom stereocenters. The summed E-state index contributed by atoms with van der Waals surface area (Å²) in [5.74, 6) is 0.137. The highest BCUT2D eigenvalue weighted by molar-refractivity contribution is 5.93. The van der Waals surface area contributed by atoms with Crippen LogP contribution in [0.25, 0.3) is 5.69 Å². The first kappa shape index (κ1) is 18.3. The second-order valence-electron chi connectivity index (χ2n) is 6.13. The quantitative estimate of drug-likeness (QED) is 0.882. The van der Waals surface area contributed by atoms with Crippen molar-refractivity contribution in [1.29, 1.82) is 0 Å². The highest BCUT2D eigenvalue weighted by Crippen LogP contribution is 2.19. The third kappa shape index (κ3) is 3.12. The van der Waals surface area contributed by atoms with Crippen LogP contribution in [0.4, 0.5) is 5.69 Å². The molecular formula is C17H23ClN4O2. The molecule has 2 aromatic rings. The summed E-state index contributed by atoms with van der Waals surface area (Å²) in [5, 5.41) is 6.01. The molecule has 24 heavy (non-hydrogen) atoms. The van der Waals surface area contributed by atoms with Gasteiger partial charge in [0.2, 0.25) is 5.91 Å². The number of halogens is 1. The highest BCUT2D eigenvalue weighted by Gasteiger charge is 2.30. The molecule has 0 radical (unpaired) electrons. The predicted octanol–water partition coefficient (Wildman–Crippen LogP) is 1.70. The minimum Gasteiger partial charge on any atom is -0.320 e. The van der Waals surface area contributed by atoms with Gasteiger partial charge >= 0.3 is 0 Å². The first-order valence-electron chi connectivity index (χ1n) is 7.86. The molecule has 0 aliphatic carbocycles. The zero-order chi connectivity index (χ0) is 16.6. The normalized spacial score (nSPS) is 15.3. The number of benzene rings is 1. The zero-order valence-corrected chi connectivity index (χ0v) is 14.9. The van der Waals surface area contributed by atoms with E-state index in [-0.39, 0.29) is 29.8 Å². The molecule has 1 aromatic heterocycles. The van der Waals surface area contributed by atoms with E-state index in [4.69, 9.17) is 0 Å². The van der Waals surface area contributed by atoms with Gasteiger partial charge in [-0.25, -0.2) is 4.68 Å². The SMILES string of the molecule is Cc1c(NC(=O)C(C)C2CNC2)c(=O)n(-c2ccccc2)n1C.Cl. The largest absolute Gasteiger partial charge is 0.320 e. The van der Waals surface area contributed by atoms with Crippen LogP contribution >= 0.6 is 12.4 Å². The van der Waals surface area contributed by atoms with Gasteiger partial charge in [-0.05, 0) is 38.1 Å². The molecule has 130 valence electrons. The maximum absolute atomic E-state index is 12.7. The Morgan fingerprint density at radius 3 is 2.46 bits per heavy atom. The fraction of sp³-hybridized carbons (Fsp3) is 0.412. The fourth-order valence-corrected chi connectivity index (χ4v) is 2.83. The number of rotatable bonds is 4. The third-order valence-corrected chi connectivity index (χ3v) is 4.74. The maximum Gasteiger partial charge on any atom is 0.295 e. The summed E-state index contributed by atoms with van der Waals surface area (Å²) in [6.07, 6.45) is 0. The summed E-state index contributed by atoms with van der Waals surface area (Å²) in [6, 6.07) is 9.41. The number of amides is 1. The van der Waals surface area contributed by atoms with Crippen molar-refractivity contribution in [2.75, 3.05) is 18.4 Å². The Kier molecular flexibility index (Phi) is 5.51. The number of carbonyl (C=O) groups excluding carboxylic acids is 1. The molecule has 0 saturated carbocycles. The van der Waals surface area contributed by atoms with E-state index in [2.05, 4.69) is 10.6 Å². The third-order valence-electron chi connectivity index (χ3n) is 4.74. The van der Waals surface area contributed by atoms with E-state index in [1.165, 1.54) is 0 Å². The van der Waals surface area contributed by atoms with Crippen molar-refractivity contribution in [3.8, 4) is 5.69 Å². The Morgan fingerprint density at radius 2 is 1.92 bits per heavy atom. The summed E-state index contributed by atoms with van der Waals surface area (Å²) < 4.78 is 3.34. The van der Waals surface area contributed by atoms with Gasteiger partial charge < -0.3 is 10.6 Å². The van der Waals surface area contributed by atoms with Gasteiger partial charge in [-0.15, -0.1) is 12.4 Å². The minimum absolute atomic E-state index is 0. The lowest BCUT2D eigenvalue weighted by molar-refractivity contribution is -0.121. The van der Waals surface area contributed by atoms with Crippen molar-refractivity contribution in [3.63, 3.8) is 0 Å². The van der Waals surface area contributed by atoms with Crippen molar-refractivity contribution >= 4 is 24.0 Å². The molecule has 1 aromatic carbocycles. The molecule has 2 N–H and O–H groups in total. The van der Waals surface area contributed by atoms with Crippen LogP contribution < -0.4 is 16.2 Å². The average Bonchev–Trinajstić information content (AvgIpc) is 2.70. The summed E-state index contributed by atoms with van der Waals surface area (Å²) in [6.45, 7) is 5.47. The van der Waals surface area contributed by atoms with Gasteiger partial charge in [-0.2, -0.15) is 0 Å². The van der Waals surface area contributed by atoms with Crippen molar-refractivity contribution < 1.29 is 4.79 Å². The maximum atomic E-state index is 12.7. The van der Waals surface area contributed by atoms with E-state index in [0.29, 0.717) is 11.6 Å². The lowest BCUT2D eigenvalue weighted by Gasteiger charge is -2.31. The molecule has 3 rings (SSSR count). The molecule has 1 aliphatic heterocycles. The number of carbonyl (C=O) groups is 1. The van der Waals surface area contributed by atoms with E-state index in [1.54, 1.807) is 9.36 Å². The summed E-state index contributed by atoms with van der Waals surface area (Å²) >= 11 is 0. The Morgan fingerprint density at radius 1 is 1.29 bits per heavy atom. The zero-order valence-electron chi connectivity index (χ0n) is 14.1. The molecule has 1 saturated heterocycles. The smallest absolute Gasteiger partial charge is 0.295 e. The highest BCUT2D eigenvalue weighted by atomic mass is 35.5. The molecule has 6 nitrogen and oxygen atoms in total. The Labute approximate surface area is 147 Å². The second kappa shape index (κ2) is 7.23. The first-order valence-corrected chi connectivity index (χ1v) is 7.86. The molecular weight excluding hydrogens is 328 g/mol. The van der Waals surface area contributed by atoms with Crippen molar-refractivity contribution in [3.05, 3.63) is 46.4 Å². The van der Waals surface area contributed by atoms with Gasteiger partial charge in [-0.1, -0.05) is 25.1 Å². The van der Waals surface area contributed by atoms with E-state index in [1.807, 2.05) is 51.2 Å². The second-order valence-corrected chi connectivity index (χ2v) is 6.13. The number of para-hydroxylation sites is 1. The molecule has 1 amide bonds. The van der Waals surface area contributed by atoms with E-state index in [0.717, 1.165) is 24.5 Å². The van der Waals surface area contributed by atoms with Crippen molar-refractivity contribution in [1.82, 2.24) is 14.7 Å². The monoisotopic (exact) mass is 350 g/mol. The molecule has 7 heteroatoms. The Hall–Kier alpha value is -2.05. The van der Waals surface area contributed by atoms with Crippen LogP contribution in [0.1, 0.15) is 12.6 Å². The number of hydrogen-bond acceptors (Lipinski definition) is 3. The molecule has 0 spiro atoms. The van der Waals surface area contributed by atoms with Crippen LogP contribution in [0.3, 0.4) is 0 Å². The Balaban J connectivity index is 0.00000208. The van der Waals surface area contributed by atoms with Crippen LogP contribution in [0, 0.1) is 18.8 Å². The minimum atomic E-state index is -0.205. The van der Waals surface area contributed by atoms with Crippen LogP contribution in [0.15, 0.2) is 35.1 Å². The molecule has 1 fully saturated rings. The van der Waals surface area contributed by atoms with E-state index >= 15 is 0 Å². The van der Waals surface area contributed by atoms with Crippen molar-refractivity contribution in [2.24, 2.45) is 18.9 Å². The van der Waals surface area contributed by atoms with Gasteiger partial charge in [0.25, 0.3) is 5.56 Å². The summed E-state index contributed by atoms with van der Waals surface area (Å²) in [5.41, 5.74) is 1.68. The van der Waals surface area contributed by atoms with Gasteiger partial charge in [0.1, 0.15) is 5.69 Å². The van der Waals surface area contributed by atoms with Gasteiger partial charge in [0.15, 0.2) is 0 Å². The van der Waals surface area contributed by atoms with Gasteiger partial charge in [0.05, 0.1) is 11.4 Å². The lowest BCUT2D eigenvalue weighted by Crippen LogP contribution is -2.48. The number of nitrogens with one attached hydrogen (secondary N) is 2. The van der Waals surface area contributed by atoms with Crippen LogP contribution in [-0.4, -0.2) is 28.4 Å². The standard InChI is InChI=1S/C17H22N4O2.ClH/c1-11(13-9-18-10-13)16(22)19-15-12(2)20(3)21(17(15)23)14-7-5-4-6-8-14;/h4-8,11,13,18H,9-10H2,1-3H3,(H,19,22);1H. The number of aromatic nitrogens is 2. The van der Waals surface area contributed by atoms with E-state index in [9.17, 15) is 9.59 Å². The molecule has 1 aliphatic rings. The van der Waals surface area contributed by atoms with Crippen LogP contribution in [0.2, 0.25) is 0 Å². The van der Waals surface area contributed by atoms with Crippen molar-refractivity contribution in [2.45, 2.75) is 13.8 Å². The first-order chi connectivity index (χ1) is 11.0. The van der Waals surface area contributed by atoms with Gasteiger partial charge in [-0.3, -0.25) is 14.3 Å². The Bertz CT molecular complexity index is 778. The number of anilines is 1. The van der Waals surface area contributed by atoms with Gasteiger partial charge in [0, 0.05) is 13.0 Å². The number of nitrogens with zero attached hydrogens (tertiary/aromatic N) is 2. The molecule has 2 heterocycles. The fourth-order valence-electron chi connectivity index (χ4n) is 2.83. The molecule has 1 unspecified atom stereocenters. The predicted molar refractivity (Wildman–Crippen MR) is 97.1 cm³/mol. The summed E-state index contributed by atoms with van der Waals surface area (Å²) in [7, 11) is 1.82. The lowest BCUT2D eigenvalue weighted by atomic mass is 9.88. The van der Waals surface area contributed by atoms with E-state index < -0.39 is 0 Å². The topological polar surface area (TPSA) is 68.1 Å². The number of hydrogen-bond donors (Lipinski definition) is 2.